The quantitative estimate of drug-likeness (QED) is 0.517. The van der Waals surface area contributed by atoms with Crippen molar-refractivity contribution in [3.8, 4) is 0 Å². The van der Waals surface area contributed by atoms with Crippen molar-refractivity contribution in [3.05, 3.63) is 0 Å². The summed E-state index contributed by atoms with van der Waals surface area (Å²) in [5, 5.41) is 5.54. The van der Waals surface area contributed by atoms with Crippen LogP contribution >= 0.6 is 0 Å². The number of amides is 1. The summed E-state index contributed by atoms with van der Waals surface area (Å²) < 4.78 is 4.51. The summed E-state index contributed by atoms with van der Waals surface area (Å²) in [4.78, 5) is 22.4. The average molecular weight is 186 g/mol. The van der Waals surface area contributed by atoms with Crippen LogP contribution in [-0.4, -0.2) is 37.1 Å². The number of piperazine rings is 1. The highest BCUT2D eigenvalue weighted by Crippen LogP contribution is 2.07. The SMILES string of the molecule is COC(=O)C1CNC(C)(C)C(=O)N1. The van der Waals surface area contributed by atoms with Crippen molar-refractivity contribution < 1.29 is 14.3 Å². The van der Waals surface area contributed by atoms with Gasteiger partial charge in [-0.1, -0.05) is 0 Å². The molecule has 1 saturated heterocycles. The molecule has 1 atom stereocenters. The third-order valence-electron chi connectivity index (χ3n) is 2.11. The van der Waals surface area contributed by atoms with Crippen molar-refractivity contribution in [1.29, 1.82) is 0 Å². The Balaban J connectivity index is 2.61. The van der Waals surface area contributed by atoms with Crippen molar-refractivity contribution in [2.75, 3.05) is 13.7 Å². The van der Waals surface area contributed by atoms with E-state index in [9.17, 15) is 9.59 Å². The lowest BCUT2D eigenvalue weighted by atomic mass is 10.00. The van der Waals surface area contributed by atoms with E-state index < -0.39 is 17.6 Å². The number of esters is 1. The van der Waals surface area contributed by atoms with E-state index in [-0.39, 0.29) is 5.91 Å². The van der Waals surface area contributed by atoms with Gasteiger partial charge in [-0.2, -0.15) is 0 Å². The highest BCUT2D eigenvalue weighted by molar-refractivity contribution is 5.91. The van der Waals surface area contributed by atoms with Gasteiger partial charge in [-0.25, -0.2) is 4.79 Å². The molecule has 5 heteroatoms. The molecule has 0 radical (unpaired) electrons. The Bertz CT molecular complexity index is 238. The lowest BCUT2D eigenvalue weighted by molar-refractivity contribution is -0.147. The van der Waals surface area contributed by atoms with E-state index in [0.717, 1.165) is 0 Å². The molecule has 0 bridgehead atoms. The normalized spacial score (nSPS) is 26.4. The van der Waals surface area contributed by atoms with Crippen LogP contribution in [0.1, 0.15) is 13.8 Å². The molecule has 0 saturated carbocycles. The van der Waals surface area contributed by atoms with E-state index >= 15 is 0 Å². The Kier molecular flexibility index (Phi) is 2.56. The fourth-order valence-electron chi connectivity index (χ4n) is 1.11. The second-order valence-electron chi connectivity index (χ2n) is 3.56. The molecular formula is C8H14N2O3. The number of hydrogen-bond donors (Lipinski definition) is 2. The fourth-order valence-corrected chi connectivity index (χ4v) is 1.11. The minimum Gasteiger partial charge on any atom is -0.467 e. The van der Waals surface area contributed by atoms with Crippen molar-refractivity contribution in [2.24, 2.45) is 0 Å². The summed E-state index contributed by atoms with van der Waals surface area (Å²) in [7, 11) is 1.30. The third-order valence-corrected chi connectivity index (χ3v) is 2.11. The van der Waals surface area contributed by atoms with Crippen LogP contribution in [0.25, 0.3) is 0 Å². The first kappa shape index (κ1) is 9.98. The molecule has 0 aromatic carbocycles. The number of methoxy groups -OCH3 is 1. The molecular weight excluding hydrogens is 172 g/mol. The van der Waals surface area contributed by atoms with Crippen molar-refractivity contribution >= 4 is 11.9 Å². The van der Waals surface area contributed by atoms with Crippen LogP contribution in [0.15, 0.2) is 0 Å². The van der Waals surface area contributed by atoms with Crippen LogP contribution in [-0.2, 0) is 14.3 Å². The molecule has 1 rings (SSSR count). The van der Waals surface area contributed by atoms with E-state index in [1.807, 2.05) is 0 Å². The lowest BCUT2D eigenvalue weighted by Crippen LogP contribution is -2.65. The largest absolute Gasteiger partial charge is 0.467 e. The molecule has 1 heterocycles. The summed E-state index contributed by atoms with van der Waals surface area (Å²) in [6.07, 6.45) is 0. The third kappa shape index (κ3) is 1.98. The van der Waals surface area contributed by atoms with Gasteiger partial charge in [0.05, 0.1) is 12.6 Å². The second-order valence-corrected chi connectivity index (χ2v) is 3.56. The van der Waals surface area contributed by atoms with Gasteiger partial charge >= 0.3 is 5.97 Å². The molecule has 5 nitrogen and oxygen atoms in total. The summed E-state index contributed by atoms with van der Waals surface area (Å²) in [5.74, 6) is -0.606. The average Bonchev–Trinajstić information content (AvgIpc) is 2.08. The van der Waals surface area contributed by atoms with Gasteiger partial charge in [0.25, 0.3) is 0 Å². The first-order valence-electron chi connectivity index (χ1n) is 4.11. The van der Waals surface area contributed by atoms with Crippen LogP contribution < -0.4 is 10.6 Å². The molecule has 13 heavy (non-hydrogen) atoms. The van der Waals surface area contributed by atoms with E-state index in [1.54, 1.807) is 13.8 Å². The van der Waals surface area contributed by atoms with Gasteiger partial charge in [0.15, 0.2) is 0 Å². The Morgan fingerprint density at radius 3 is 2.69 bits per heavy atom. The molecule has 1 amide bonds. The number of carbonyl (C=O) groups is 2. The number of ether oxygens (including phenoxy) is 1. The molecule has 74 valence electrons. The van der Waals surface area contributed by atoms with Crippen LogP contribution in [0.5, 0.6) is 0 Å². The highest BCUT2D eigenvalue weighted by Gasteiger charge is 2.36. The van der Waals surface area contributed by atoms with Gasteiger partial charge in [0.1, 0.15) is 6.04 Å². The first-order chi connectivity index (χ1) is 5.97. The molecule has 1 fully saturated rings. The lowest BCUT2D eigenvalue weighted by Gasteiger charge is -2.34. The van der Waals surface area contributed by atoms with E-state index in [1.165, 1.54) is 7.11 Å². The number of carbonyl (C=O) groups excluding carboxylic acids is 2. The van der Waals surface area contributed by atoms with Gasteiger partial charge in [0.2, 0.25) is 5.91 Å². The van der Waals surface area contributed by atoms with Crippen molar-refractivity contribution in [3.63, 3.8) is 0 Å². The van der Waals surface area contributed by atoms with Gasteiger partial charge in [-0.05, 0) is 13.8 Å². The minimum atomic E-state index is -0.607. The minimum absolute atomic E-state index is 0.186. The van der Waals surface area contributed by atoms with Crippen LogP contribution in [0.2, 0.25) is 0 Å². The predicted octanol–water partition coefficient (Wildman–Crippen LogP) is -0.974. The number of rotatable bonds is 1. The van der Waals surface area contributed by atoms with Crippen LogP contribution in [0.3, 0.4) is 0 Å². The molecule has 1 aliphatic heterocycles. The maximum atomic E-state index is 11.4. The highest BCUT2D eigenvalue weighted by atomic mass is 16.5. The summed E-state index contributed by atoms with van der Waals surface area (Å²) in [6.45, 7) is 3.93. The Labute approximate surface area is 76.8 Å². The zero-order valence-corrected chi connectivity index (χ0v) is 8.01. The summed E-state index contributed by atoms with van der Waals surface area (Å²) in [6, 6.07) is -0.564. The van der Waals surface area contributed by atoms with Crippen molar-refractivity contribution in [2.45, 2.75) is 25.4 Å². The van der Waals surface area contributed by atoms with E-state index in [0.29, 0.717) is 6.54 Å². The fraction of sp³-hybridized carbons (Fsp3) is 0.750. The second kappa shape index (κ2) is 3.33. The maximum Gasteiger partial charge on any atom is 0.329 e. The molecule has 0 spiro atoms. The number of hydrogen-bond acceptors (Lipinski definition) is 4. The number of nitrogens with one attached hydrogen (secondary N) is 2. The van der Waals surface area contributed by atoms with Crippen LogP contribution in [0.4, 0.5) is 0 Å². The van der Waals surface area contributed by atoms with Gasteiger partial charge in [-0.15, -0.1) is 0 Å². The molecule has 2 N–H and O–H groups in total. The zero-order chi connectivity index (χ0) is 10.1. The van der Waals surface area contributed by atoms with Crippen molar-refractivity contribution in [1.82, 2.24) is 10.6 Å². The molecule has 0 aliphatic carbocycles. The van der Waals surface area contributed by atoms with E-state index in [2.05, 4.69) is 15.4 Å². The monoisotopic (exact) mass is 186 g/mol. The predicted molar refractivity (Wildman–Crippen MR) is 46.0 cm³/mol. The van der Waals surface area contributed by atoms with Gasteiger partial charge in [-0.3, -0.25) is 4.79 Å². The molecule has 0 aromatic rings. The molecule has 1 aliphatic rings. The Morgan fingerprint density at radius 1 is 1.62 bits per heavy atom. The van der Waals surface area contributed by atoms with E-state index in [4.69, 9.17) is 0 Å². The zero-order valence-electron chi connectivity index (χ0n) is 8.01. The first-order valence-corrected chi connectivity index (χ1v) is 4.11. The summed E-state index contributed by atoms with van der Waals surface area (Å²) in [5.41, 5.74) is -0.607. The van der Waals surface area contributed by atoms with Gasteiger partial charge in [0, 0.05) is 6.54 Å². The standard InChI is InChI=1S/C8H14N2O3/c1-8(2)7(12)10-5(4-9-8)6(11)13-3/h5,9H,4H2,1-3H3,(H,10,12). The molecule has 0 aromatic heterocycles. The Morgan fingerprint density at radius 2 is 2.23 bits per heavy atom. The Hall–Kier alpha value is -1.10. The molecule has 1 unspecified atom stereocenters. The smallest absolute Gasteiger partial charge is 0.329 e. The van der Waals surface area contributed by atoms with Crippen LogP contribution in [0, 0.1) is 0 Å². The topological polar surface area (TPSA) is 67.4 Å². The van der Waals surface area contributed by atoms with Gasteiger partial charge < -0.3 is 15.4 Å². The maximum absolute atomic E-state index is 11.4. The summed E-state index contributed by atoms with van der Waals surface area (Å²) >= 11 is 0.